The molecule has 1 heterocycles. The summed E-state index contributed by atoms with van der Waals surface area (Å²) in [7, 11) is 3.25. The topological polar surface area (TPSA) is 60.0 Å². The third-order valence-corrected chi connectivity index (χ3v) is 5.79. The van der Waals surface area contributed by atoms with Crippen LogP contribution in [0.2, 0.25) is 0 Å². The summed E-state index contributed by atoms with van der Waals surface area (Å²) in [6, 6.07) is 13.5. The fraction of sp³-hybridized carbons (Fsp3) is 0.381. The number of halogens is 1. The molecule has 0 bridgehead atoms. The summed E-state index contributed by atoms with van der Waals surface area (Å²) >= 11 is 2.19. The van der Waals surface area contributed by atoms with Crippen molar-refractivity contribution in [2.24, 2.45) is 0 Å². The number of morpholine rings is 1. The number of methoxy groups -OCH3 is 2. The van der Waals surface area contributed by atoms with Gasteiger partial charge >= 0.3 is 0 Å². The molecule has 0 spiro atoms. The molecule has 6 nitrogen and oxygen atoms in total. The van der Waals surface area contributed by atoms with Gasteiger partial charge in [-0.2, -0.15) is 0 Å². The highest BCUT2D eigenvalue weighted by atomic mass is 127. The van der Waals surface area contributed by atoms with Gasteiger partial charge in [-0.25, -0.2) is 0 Å². The predicted octanol–water partition coefficient (Wildman–Crippen LogP) is 3.11. The maximum atomic E-state index is 12.7. The van der Waals surface area contributed by atoms with Crippen LogP contribution in [0.1, 0.15) is 22.0 Å². The van der Waals surface area contributed by atoms with E-state index in [4.69, 9.17) is 14.2 Å². The molecule has 7 heteroatoms. The minimum absolute atomic E-state index is 0.0222. The summed E-state index contributed by atoms with van der Waals surface area (Å²) in [5.41, 5.74) is 1.76. The minimum atomic E-state index is -0.0660. The van der Waals surface area contributed by atoms with Gasteiger partial charge in [0, 0.05) is 23.2 Å². The second-order valence-corrected chi connectivity index (χ2v) is 7.63. The van der Waals surface area contributed by atoms with Crippen LogP contribution in [0.3, 0.4) is 0 Å². The average molecular weight is 496 g/mol. The number of carbonyl (C=O) groups is 1. The van der Waals surface area contributed by atoms with Crippen molar-refractivity contribution in [1.29, 1.82) is 0 Å². The van der Waals surface area contributed by atoms with E-state index in [-0.39, 0.29) is 11.9 Å². The Bertz CT molecular complexity index is 809. The number of amides is 1. The van der Waals surface area contributed by atoms with Crippen molar-refractivity contribution >= 4 is 28.5 Å². The van der Waals surface area contributed by atoms with Gasteiger partial charge in [0.2, 0.25) is 0 Å². The summed E-state index contributed by atoms with van der Waals surface area (Å²) in [4.78, 5) is 15.0. The van der Waals surface area contributed by atoms with Crippen LogP contribution in [0, 0.1) is 3.57 Å². The van der Waals surface area contributed by atoms with Crippen LogP contribution >= 0.6 is 22.6 Å². The van der Waals surface area contributed by atoms with E-state index in [0.29, 0.717) is 36.8 Å². The Morgan fingerprint density at radius 1 is 1.14 bits per heavy atom. The van der Waals surface area contributed by atoms with Gasteiger partial charge in [0.05, 0.1) is 39.0 Å². The molecule has 0 aliphatic carbocycles. The van der Waals surface area contributed by atoms with Crippen LogP contribution in [0.4, 0.5) is 0 Å². The zero-order chi connectivity index (χ0) is 19.9. The van der Waals surface area contributed by atoms with Gasteiger partial charge in [0.1, 0.15) is 0 Å². The smallest absolute Gasteiger partial charge is 0.252 e. The van der Waals surface area contributed by atoms with Crippen LogP contribution in [-0.4, -0.2) is 57.9 Å². The lowest BCUT2D eigenvalue weighted by Gasteiger charge is -2.35. The number of hydrogen-bond acceptors (Lipinski definition) is 5. The van der Waals surface area contributed by atoms with Gasteiger partial charge in [0.15, 0.2) is 11.5 Å². The molecule has 1 aliphatic rings. The molecule has 1 fully saturated rings. The molecule has 1 aliphatic heterocycles. The van der Waals surface area contributed by atoms with Gasteiger partial charge in [-0.1, -0.05) is 18.2 Å². The molecule has 2 aromatic carbocycles. The van der Waals surface area contributed by atoms with Crippen molar-refractivity contribution in [2.75, 3.05) is 47.1 Å². The highest BCUT2D eigenvalue weighted by molar-refractivity contribution is 14.1. The molecule has 150 valence electrons. The summed E-state index contributed by atoms with van der Waals surface area (Å²) in [6.07, 6.45) is 0. The lowest BCUT2D eigenvalue weighted by atomic mass is 10.0. The lowest BCUT2D eigenvalue weighted by molar-refractivity contribution is 0.0162. The van der Waals surface area contributed by atoms with E-state index in [1.54, 1.807) is 14.2 Å². The summed E-state index contributed by atoms with van der Waals surface area (Å²) in [5.74, 6) is 1.31. The second kappa shape index (κ2) is 10.1. The normalized spacial score (nSPS) is 15.7. The quantitative estimate of drug-likeness (QED) is 0.598. The second-order valence-electron chi connectivity index (χ2n) is 6.47. The van der Waals surface area contributed by atoms with Crippen LogP contribution in [0.25, 0.3) is 0 Å². The highest BCUT2D eigenvalue weighted by Gasteiger charge is 2.24. The molecule has 2 aromatic rings. The first-order valence-electron chi connectivity index (χ1n) is 9.20. The molecule has 1 atom stereocenters. The highest BCUT2D eigenvalue weighted by Crippen LogP contribution is 2.32. The van der Waals surface area contributed by atoms with Crippen molar-refractivity contribution < 1.29 is 19.0 Å². The van der Waals surface area contributed by atoms with Gasteiger partial charge in [-0.3, -0.25) is 9.69 Å². The Balaban J connectivity index is 1.81. The molecule has 1 N–H and O–H groups in total. The first-order chi connectivity index (χ1) is 13.6. The lowest BCUT2D eigenvalue weighted by Crippen LogP contribution is -2.43. The average Bonchev–Trinajstić information content (AvgIpc) is 2.74. The van der Waals surface area contributed by atoms with E-state index in [2.05, 4.69) is 32.8 Å². The number of rotatable bonds is 7. The molecule has 3 rings (SSSR count). The largest absolute Gasteiger partial charge is 0.493 e. The number of nitrogens with one attached hydrogen (secondary N) is 1. The first kappa shape index (κ1) is 20.9. The number of benzene rings is 2. The van der Waals surface area contributed by atoms with Gasteiger partial charge in [-0.05, 0) is 52.4 Å². The summed E-state index contributed by atoms with van der Waals surface area (Å²) < 4.78 is 17.3. The fourth-order valence-corrected chi connectivity index (χ4v) is 3.97. The summed E-state index contributed by atoms with van der Waals surface area (Å²) in [6.45, 7) is 3.51. The zero-order valence-electron chi connectivity index (χ0n) is 16.1. The SMILES string of the molecule is COc1ccc(C(CNC(=O)c2ccccc2I)N2CCOCC2)cc1OC. The van der Waals surface area contributed by atoms with E-state index >= 15 is 0 Å². The van der Waals surface area contributed by atoms with Crippen LogP contribution in [0.15, 0.2) is 42.5 Å². The van der Waals surface area contributed by atoms with Gasteiger partial charge < -0.3 is 19.5 Å². The van der Waals surface area contributed by atoms with Crippen molar-refractivity contribution in [3.05, 3.63) is 57.2 Å². The van der Waals surface area contributed by atoms with Gasteiger partial charge in [0.25, 0.3) is 5.91 Å². The monoisotopic (exact) mass is 496 g/mol. The first-order valence-corrected chi connectivity index (χ1v) is 10.3. The summed E-state index contributed by atoms with van der Waals surface area (Å²) in [5, 5.41) is 3.10. The number of nitrogens with zero attached hydrogens (tertiary/aromatic N) is 1. The zero-order valence-corrected chi connectivity index (χ0v) is 18.3. The minimum Gasteiger partial charge on any atom is -0.493 e. The molecule has 0 radical (unpaired) electrons. The molecular weight excluding hydrogens is 471 g/mol. The number of carbonyl (C=O) groups excluding carboxylic acids is 1. The van der Waals surface area contributed by atoms with E-state index < -0.39 is 0 Å². The third kappa shape index (κ3) is 4.95. The Morgan fingerprint density at radius 2 is 1.86 bits per heavy atom. The Labute approximate surface area is 179 Å². The standard InChI is InChI=1S/C21H25IN2O4/c1-26-19-8-7-15(13-20(19)27-2)18(24-9-11-28-12-10-24)14-23-21(25)16-5-3-4-6-17(16)22/h3-8,13,18H,9-12,14H2,1-2H3,(H,23,25). The molecule has 0 aromatic heterocycles. The molecule has 1 saturated heterocycles. The third-order valence-electron chi connectivity index (χ3n) is 4.85. The van der Waals surface area contributed by atoms with E-state index in [1.165, 1.54) is 0 Å². The predicted molar refractivity (Wildman–Crippen MR) is 116 cm³/mol. The maximum Gasteiger partial charge on any atom is 0.252 e. The van der Waals surface area contributed by atoms with E-state index in [0.717, 1.165) is 22.2 Å². The van der Waals surface area contributed by atoms with Crippen molar-refractivity contribution in [3.8, 4) is 11.5 Å². The number of ether oxygens (including phenoxy) is 3. The van der Waals surface area contributed by atoms with Crippen molar-refractivity contribution in [1.82, 2.24) is 10.2 Å². The molecule has 28 heavy (non-hydrogen) atoms. The Morgan fingerprint density at radius 3 is 2.54 bits per heavy atom. The Kier molecular flexibility index (Phi) is 7.52. The van der Waals surface area contributed by atoms with Crippen molar-refractivity contribution in [2.45, 2.75) is 6.04 Å². The van der Waals surface area contributed by atoms with Crippen molar-refractivity contribution in [3.63, 3.8) is 0 Å². The Hall–Kier alpha value is -1.84. The van der Waals surface area contributed by atoms with Crippen LogP contribution < -0.4 is 14.8 Å². The van der Waals surface area contributed by atoms with E-state index in [1.807, 2.05) is 42.5 Å². The molecule has 1 amide bonds. The van der Waals surface area contributed by atoms with E-state index in [9.17, 15) is 4.79 Å². The van der Waals surface area contributed by atoms with Crippen LogP contribution in [0.5, 0.6) is 11.5 Å². The molecular formula is C21H25IN2O4. The molecule has 0 saturated carbocycles. The van der Waals surface area contributed by atoms with Crippen LogP contribution in [-0.2, 0) is 4.74 Å². The molecule has 1 unspecified atom stereocenters. The fourth-order valence-electron chi connectivity index (χ4n) is 3.34. The maximum absolute atomic E-state index is 12.7. The van der Waals surface area contributed by atoms with Gasteiger partial charge in [-0.15, -0.1) is 0 Å². The number of hydrogen-bond donors (Lipinski definition) is 1.